The van der Waals surface area contributed by atoms with E-state index in [1.54, 1.807) is 0 Å². The third kappa shape index (κ3) is 6.19. The Morgan fingerprint density at radius 3 is 2.69 bits per heavy atom. The Labute approximate surface area is 109 Å². The van der Waals surface area contributed by atoms with Gasteiger partial charge in [-0.05, 0) is 37.2 Å². The van der Waals surface area contributed by atoms with E-state index < -0.39 is 0 Å². The average Bonchev–Trinajstić information content (AvgIpc) is 2.68. The molecule has 0 bridgehead atoms. The molecule has 94 valence electrons. The maximum absolute atomic E-state index is 11.4. The summed E-state index contributed by atoms with van der Waals surface area (Å²) in [5.74, 6) is 6.08. The van der Waals surface area contributed by atoms with Gasteiger partial charge in [0.25, 0.3) is 0 Å². The zero-order valence-electron chi connectivity index (χ0n) is 10.4. The van der Waals surface area contributed by atoms with E-state index in [2.05, 4.69) is 18.7 Å². The highest BCUT2D eigenvalue weighted by atomic mass is 32.2. The molecular weight excluding hydrogens is 236 g/mol. The molecule has 0 N–H and O–H groups in total. The second-order valence-electron chi connectivity index (χ2n) is 4.36. The lowest BCUT2D eigenvalue weighted by Gasteiger charge is -2.06. The summed E-state index contributed by atoms with van der Waals surface area (Å²) in [6.07, 6.45) is 6.87. The summed E-state index contributed by atoms with van der Waals surface area (Å²) in [6, 6.07) is 0. The third-order valence-corrected chi connectivity index (χ3v) is 5.33. The highest BCUT2D eigenvalue weighted by molar-refractivity contribution is 8.02. The van der Waals surface area contributed by atoms with Gasteiger partial charge >= 0.3 is 0 Å². The first kappa shape index (κ1) is 14.4. The predicted molar refractivity (Wildman–Crippen MR) is 76.5 cm³/mol. The fraction of sp³-hybridized carbons (Fsp3) is 0.923. The van der Waals surface area contributed by atoms with Crippen LogP contribution in [-0.2, 0) is 4.79 Å². The lowest BCUT2D eigenvalue weighted by Crippen LogP contribution is -2.05. The van der Waals surface area contributed by atoms with E-state index >= 15 is 0 Å². The molecule has 0 aromatic heterocycles. The number of unbranched alkanes of at least 4 members (excludes halogenated alkanes) is 1. The molecule has 0 aliphatic heterocycles. The van der Waals surface area contributed by atoms with Gasteiger partial charge < -0.3 is 0 Å². The van der Waals surface area contributed by atoms with E-state index in [0.717, 1.165) is 19.3 Å². The fourth-order valence-corrected chi connectivity index (χ4v) is 4.00. The predicted octanol–water partition coefficient (Wildman–Crippen LogP) is 4.01. The first-order valence-corrected chi connectivity index (χ1v) is 8.83. The molecule has 0 aromatic carbocycles. The largest absolute Gasteiger partial charge is 0.299 e. The molecule has 1 aliphatic carbocycles. The van der Waals surface area contributed by atoms with Crippen LogP contribution in [0.3, 0.4) is 0 Å². The quantitative estimate of drug-likeness (QED) is 0.583. The maximum Gasteiger partial charge on any atom is 0.135 e. The third-order valence-electron chi connectivity index (χ3n) is 3.10. The number of Topliss-reactive ketones (excluding diaryl/α,β-unsaturated/α-hetero) is 1. The van der Waals surface area contributed by atoms with Gasteiger partial charge in [-0.15, -0.1) is 0 Å². The minimum Gasteiger partial charge on any atom is -0.299 e. The van der Waals surface area contributed by atoms with Crippen LogP contribution in [0.25, 0.3) is 0 Å². The molecule has 0 aromatic rings. The molecule has 16 heavy (non-hydrogen) atoms. The lowest BCUT2D eigenvalue weighted by atomic mass is 10.0. The molecule has 1 rings (SSSR count). The van der Waals surface area contributed by atoms with Gasteiger partial charge in [0.2, 0.25) is 0 Å². The molecule has 1 unspecified atom stereocenters. The number of carbonyl (C=O) groups excluding carboxylic acids is 1. The number of ketones is 1. The molecule has 0 radical (unpaired) electrons. The monoisotopic (exact) mass is 260 g/mol. The second kappa shape index (κ2) is 9.41. The van der Waals surface area contributed by atoms with Crippen molar-refractivity contribution < 1.29 is 4.79 Å². The van der Waals surface area contributed by atoms with E-state index in [1.165, 1.54) is 42.3 Å². The van der Waals surface area contributed by atoms with Gasteiger partial charge in [-0.1, -0.05) is 13.3 Å². The number of rotatable bonds is 9. The first-order valence-electron chi connectivity index (χ1n) is 6.52. The molecule has 0 heterocycles. The van der Waals surface area contributed by atoms with Crippen LogP contribution in [0.5, 0.6) is 0 Å². The number of carbonyl (C=O) groups is 1. The molecule has 1 fully saturated rings. The minimum atomic E-state index is 0.431. The van der Waals surface area contributed by atoms with Gasteiger partial charge in [-0.3, -0.25) is 4.79 Å². The summed E-state index contributed by atoms with van der Waals surface area (Å²) in [6.45, 7) is 2.22. The van der Waals surface area contributed by atoms with Crippen LogP contribution in [0.4, 0.5) is 0 Å². The van der Waals surface area contributed by atoms with E-state index in [9.17, 15) is 4.79 Å². The number of hydrogen-bond acceptors (Lipinski definition) is 3. The molecule has 0 saturated heterocycles. The molecule has 1 nitrogen and oxygen atoms in total. The van der Waals surface area contributed by atoms with Crippen LogP contribution >= 0.6 is 23.5 Å². The zero-order valence-corrected chi connectivity index (χ0v) is 12.0. The molecule has 0 amide bonds. The Kier molecular flexibility index (Phi) is 8.48. The van der Waals surface area contributed by atoms with E-state index in [0.29, 0.717) is 11.7 Å². The smallest absolute Gasteiger partial charge is 0.135 e. The van der Waals surface area contributed by atoms with Gasteiger partial charge in [0.05, 0.1) is 0 Å². The maximum atomic E-state index is 11.4. The van der Waals surface area contributed by atoms with Crippen molar-refractivity contribution in [3.63, 3.8) is 0 Å². The van der Waals surface area contributed by atoms with Gasteiger partial charge in [-0.25, -0.2) is 0 Å². The summed E-state index contributed by atoms with van der Waals surface area (Å²) >= 11 is 4.10. The Balaban J connectivity index is 1.83. The van der Waals surface area contributed by atoms with Gasteiger partial charge in [0.1, 0.15) is 5.78 Å². The molecule has 1 aliphatic rings. The van der Waals surface area contributed by atoms with Crippen molar-refractivity contribution in [1.82, 2.24) is 0 Å². The van der Waals surface area contributed by atoms with Crippen molar-refractivity contribution in [3.8, 4) is 0 Å². The molecule has 1 atom stereocenters. The number of thioether (sulfide) groups is 2. The second-order valence-corrected chi connectivity index (χ2v) is 6.98. The lowest BCUT2D eigenvalue weighted by molar-refractivity contribution is -0.120. The van der Waals surface area contributed by atoms with Crippen molar-refractivity contribution >= 4 is 29.3 Å². The molecule has 0 spiro atoms. The standard InChI is InChI=1S/C13H24OS2/c1-2-15-10-11-16-9-4-3-6-12-7-5-8-13(12)14/h12H,2-11H2,1H3. The van der Waals surface area contributed by atoms with Crippen LogP contribution < -0.4 is 0 Å². The van der Waals surface area contributed by atoms with Crippen LogP contribution in [-0.4, -0.2) is 28.8 Å². The van der Waals surface area contributed by atoms with Crippen molar-refractivity contribution in [3.05, 3.63) is 0 Å². The van der Waals surface area contributed by atoms with Crippen LogP contribution in [0.2, 0.25) is 0 Å². The molecular formula is C13H24OS2. The highest BCUT2D eigenvalue weighted by Crippen LogP contribution is 2.26. The Morgan fingerprint density at radius 2 is 2.00 bits per heavy atom. The summed E-state index contributed by atoms with van der Waals surface area (Å²) in [4.78, 5) is 11.4. The Bertz CT molecular complexity index is 194. The molecule has 1 saturated carbocycles. The van der Waals surface area contributed by atoms with Crippen molar-refractivity contribution in [2.75, 3.05) is 23.0 Å². The summed E-state index contributed by atoms with van der Waals surface area (Å²) in [5, 5.41) is 0. The van der Waals surface area contributed by atoms with Gasteiger partial charge in [0.15, 0.2) is 0 Å². The van der Waals surface area contributed by atoms with Crippen molar-refractivity contribution in [1.29, 1.82) is 0 Å². The van der Waals surface area contributed by atoms with E-state index in [4.69, 9.17) is 0 Å². The minimum absolute atomic E-state index is 0.431. The normalized spacial score (nSPS) is 20.6. The van der Waals surface area contributed by atoms with Crippen molar-refractivity contribution in [2.24, 2.45) is 5.92 Å². The van der Waals surface area contributed by atoms with Gasteiger partial charge in [0, 0.05) is 23.8 Å². The van der Waals surface area contributed by atoms with E-state index in [1.807, 2.05) is 11.8 Å². The van der Waals surface area contributed by atoms with Crippen molar-refractivity contribution in [2.45, 2.75) is 45.4 Å². The topological polar surface area (TPSA) is 17.1 Å². The fourth-order valence-electron chi connectivity index (χ4n) is 2.15. The number of hydrogen-bond donors (Lipinski definition) is 0. The van der Waals surface area contributed by atoms with Gasteiger partial charge in [-0.2, -0.15) is 23.5 Å². The Hall–Kier alpha value is 0.370. The summed E-state index contributed by atoms with van der Waals surface area (Å²) < 4.78 is 0. The summed E-state index contributed by atoms with van der Waals surface area (Å²) in [7, 11) is 0. The van der Waals surface area contributed by atoms with E-state index in [-0.39, 0.29) is 0 Å². The Morgan fingerprint density at radius 1 is 1.19 bits per heavy atom. The summed E-state index contributed by atoms with van der Waals surface area (Å²) in [5.41, 5.74) is 0. The van der Waals surface area contributed by atoms with Crippen LogP contribution in [0.1, 0.15) is 45.4 Å². The highest BCUT2D eigenvalue weighted by Gasteiger charge is 2.23. The molecule has 3 heteroatoms. The SMILES string of the molecule is CCSCCSCCCCC1CCCC1=O. The van der Waals surface area contributed by atoms with Crippen LogP contribution in [0.15, 0.2) is 0 Å². The zero-order chi connectivity index (χ0) is 11.6. The first-order chi connectivity index (χ1) is 7.84. The van der Waals surface area contributed by atoms with Crippen LogP contribution in [0, 0.1) is 5.92 Å². The average molecular weight is 260 g/mol.